The van der Waals surface area contributed by atoms with Gasteiger partial charge in [0.2, 0.25) is 0 Å². The lowest BCUT2D eigenvalue weighted by Gasteiger charge is -2.18. The van der Waals surface area contributed by atoms with Crippen LogP contribution in [0.2, 0.25) is 0 Å². The van der Waals surface area contributed by atoms with Crippen LogP contribution in [0.4, 0.5) is 11.5 Å². The molecule has 26 heavy (non-hydrogen) atoms. The van der Waals surface area contributed by atoms with E-state index in [1.54, 1.807) is 19.2 Å². The molecule has 1 heterocycles. The number of nitro groups is 1. The van der Waals surface area contributed by atoms with Crippen LogP contribution < -0.4 is 10.1 Å². The van der Waals surface area contributed by atoms with E-state index in [9.17, 15) is 10.1 Å². The predicted octanol–water partition coefficient (Wildman–Crippen LogP) is 4.56. The van der Waals surface area contributed by atoms with Crippen molar-refractivity contribution in [3.05, 3.63) is 69.3 Å². The summed E-state index contributed by atoms with van der Waals surface area (Å²) in [6.07, 6.45) is 1.99. The maximum Gasteiger partial charge on any atom is 0.270 e. The summed E-state index contributed by atoms with van der Waals surface area (Å²) >= 11 is 0. The molecule has 0 saturated heterocycles. The first-order chi connectivity index (χ1) is 12.5. The number of ether oxygens (including phenoxy) is 1. The number of fused-ring (bicyclic) bond motifs is 2. The molecule has 1 aliphatic carbocycles. The molecule has 0 bridgehead atoms. The van der Waals surface area contributed by atoms with E-state index in [2.05, 4.69) is 29.4 Å². The van der Waals surface area contributed by atoms with Crippen molar-refractivity contribution in [3.63, 3.8) is 0 Å². The van der Waals surface area contributed by atoms with E-state index in [1.807, 2.05) is 12.1 Å². The Bertz CT molecular complexity index is 1020. The molecule has 0 aliphatic heterocycles. The molecule has 2 aromatic carbocycles. The topological polar surface area (TPSA) is 77.3 Å². The Balaban J connectivity index is 1.65. The fourth-order valence-corrected chi connectivity index (χ4v) is 3.68. The molecule has 0 spiro atoms. The Labute approximate surface area is 151 Å². The van der Waals surface area contributed by atoms with E-state index in [0.717, 1.165) is 35.3 Å². The van der Waals surface area contributed by atoms with Crippen molar-refractivity contribution in [3.8, 4) is 5.75 Å². The highest BCUT2D eigenvalue weighted by molar-refractivity contribution is 5.82. The Morgan fingerprint density at radius 2 is 2.08 bits per heavy atom. The normalized spacial score (nSPS) is 15.7. The minimum atomic E-state index is -0.394. The van der Waals surface area contributed by atoms with Gasteiger partial charge in [0.15, 0.2) is 0 Å². The van der Waals surface area contributed by atoms with Crippen molar-refractivity contribution >= 4 is 22.4 Å². The van der Waals surface area contributed by atoms with Gasteiger partial charge in [0.1, 0.15) is 11.6 Å². The third-order valence-electron chi connectivity index (χ3n) is 4.85. The van der Waals surface area contributed by atoms with Crippen LogP contribution in [0.1, 0.15) is 29.2 Å². The van der Waals surface area contributed by atoms with E-state index in [4.69, 9.17) is 4.74 Å². The molecule has 0 unspecified atom stereocenters. The van der Waals surface area contributed by atoms with Crippen molar-refractivity contribution < 1.29 is 9.66 Å². The first-order valence-corrected chi connectivity index (χ1v) is 8.54. The molecule has 1 atom stereocenters. The zero-order valence-corrected chi connectivity index (χ0v) is 14.7. The van der Waals surface area contributed by atoms with Crippen LogP contribution in [0.25, 0.3) is 10.9 Å². The zero-order chi connectivity index (χ0) is 18.3. The average molecular weight is 349 g/mol. The molecule has 132 valence electrons. The Morgan fingerprint density at radius 3 is 2.85 bits per heavy atom. The maximum absolute atomic E-state index is 10.9. The Morgan fingerprint density at radius 1 is 1.23 bits per heavy atom. The summed E-state index contributed by atoms with van der Waals surface area (Å²) in [5, 5.41) is 15.2. The smallest absolute Gasteiger partial charge is 0.270 e. The Hall–Kier alpha value is -3.15. The lowest BCUT2D eigenvalue weighted by molar-refractivity contribution is -0.384. The first-order valence-electron chi connectivity index (χ1n) is 8.54. The van der Waals surface area contributed by atoms with E-state index in [-0.39, 0.29) is 11.7 Å². The SMILES string of the molecule is COc1cc(C)cc2c1[C@H](Nc1ccc3cc([N+](=O)[O-])ccc3n1)CC2. The molecule has 6 nitrogen and oxygen atoms in total. The number of nitrogens with zero attached hydrogens (tertiary/aromatic N) is 2. The highest BCUT2D eigenvalue weighted by atomic mass is 16.6. The van der Waals surface area contributed by atoms with Gasteiger partial charge in [-0.1, -0.05) is 6.07 Å². The highest BCUT2D eigenvalue weighted by Gasteiger charge is 2.27. The molecular formula is C20H19N3O3. The molecule has 0 saturated carbocycles. The Kier molecular flexibility index (Phi) is 3.95. The van der Waals surface area contributed by atoms with Gasteiger partial charge in [-0.15, -0.1) is 0 Å². The number of aromatic nitrogens is 1. The van der Waals surface area contributed by atoms with Crippen LogP contribution in [-0.4, -0.2) is 17.0 Å². The van der Waals surface area contributed by atoms with Gasteiger partial charge in [0, 0.05) is 23.1 Å². The number of non-ortho nitro benzene ring substituents is 1. The monoisotopic (exact) mass is 349 g/mol. The van der Waals surface area contributed by atoms with Crippen LogP contribution in [0.5, 0.6) is 5.75 Å². The fraction of sp³-hybridized carbons (Fsp3) is 0.250. The quantitative estimate of drug-likeness (QED) is 0.552. The third kappa shape index (κ3) is 2.83. The molecule has 6 heteroatoms. The van der Waals surface area contributed by atoms with Crippen molar-refractivity contribution in [1.29, 1.82) is 0 Å². The van der Waals surface area contributed by atoms with Crippen LogP contribution in [0.3, 0.4) is 0 Å². The molecule has 0 fully saturated rings. The first kappa shape index (κ1) is 16.3. The number of anilines is 1. The van der Waals surface area contributed by atoms with E-state index in [0.29, 0.717) is 0 Å². The van der Waals surface area contributed by atoms with Crippen LogP contribution in [0.15, 0.2) is 42.5 Å². The van der Waals surface area contributed by atoms with Gasteiger partial charge in [0.25, 0.3) is 5.69 Å². The van der Waals surface area contributed by atoms with Gasteiger partial charge in [-0.25, -0.2) is 4.98 Å². The number of pyridine rings is 1. The summed E-state index contributed by atoms with van der Waals surface area (Å²) in [5.41, 5.74) is 4.52. The van der Waals surface area contributed by atoms with E-state index < -0.39 is 4.92 Å². The summed E-state index contributed by atoms with van der Waals surface area (Å²) in [7, 11) is 1.70. The van der Waals surface area contributed by atoms with E-state index in [1.165, 1.54) is 22.8 Å². The van der Waals surface area contributed by atoms with Crippen LogP contribution in [-0.2, 0) is 6.42 Å². The highest BCUT2D eigenvalue weighted by Crippen LogP contribution is 2.40. The number of hydrogen-bond acceptors (Lipinski definition) is 5. The van der Waals surface area contributed by atoms with Gasteiger partial charge in [-0.3, -0.25) is 10.1 Å². The minimum absolute atomic E-state index is 0.0739. The summed E-state index contributed by atoms with van der Waals surface area (Å²) in [5.74, 6) is 1.67. The van der Waals surface area contributed by atoms with Gasteiger partial charge in [-0.2, -0.15) is 0 Å². The molecule has 0 radical (unpaired) electrons. The lowest BCUT2D eigenvalue weighted by Crippen LogP contribution is -2.09. The average Bonchev–Trinajstić information content (AvgIpc) is 3.03. The number of hydrogen-bond donors (Lipinski definition) is 1. The second-order valence-corrected chi connectivity index (χ2v) is 6.61. The number of nitro benzene ring substituents is 1. The van der Waals surface area contributed by atoms with Crippen LogP contribution in [0, 0.1) is 17.0 Å². The number of rotatable bonds is 4. The third-order valence-corrected chi connectivity index (χ3v) is 4.85. The molecule has 0 amide bonds. The minimum Gasteiger partial charge on any atom is -0.496 e. The second-order valence-electron chi connectivity index (χ2n) is 6.61. The fourth-order valence-electron chi connectivity index (χ4n) is 3.68. The van der Waals surface area contributed by atoms with Crippen molar-refractivity contribution in [2.24, 2.45) is 0 Å². The molecule has 1 aliphatic rings. The largest absolute Gasteiger partial charge is 0.496 e. The summed E-state index contributed by atoms with van der Waals surface area (Å²) in [6, 6.07) is 12.9. The van der Waals surface area contributed by atoms with Gasteiger partial charge in [0.05, 0.1) is 23.6 Å². The molecule has 1 N–H and O–H groups in total. The number of aryl methyl sites for hydroxylation is 2. The summed E-state index contributed by atoms with van der Waals surface area (Å²) in [6.45, 7) is 2.08. The molecule has 4 rings (SSSR count). The second kappa shape index (κ2) is 6.29. The summed E-state index contributed by atoms with van der Waals surface area (Å²) in [4.78, 5) is 15.1. The number of benzene rings is 2. The van der Waals surface area contributed by atoms with E-state index >= 15 is 0 Å². The predicted molar refractivity (Wildman–Crippen MR) is 101 cm³/mol. The van der Waals surface area contributed by atoms with Crippen molar-refractivity contribution in [2.75, 3.05) is 12.4 Å². The zero-order valence-electron chi connectivity index (χ0n) is 14.7. The van der Waals surface area contributed by atoms with Gasteiger partial charge < -0.3 is 10.1 Å². The van der Waals surface area contributed by atoms with Gasteiger partial charge in [-0.05, 0) is 55.2 Å². The molecular weight excluding hydrogens is 330 g/mol. The molecule has 1 aromatic heterocycles. The maximum atomic E-state index is 10.9. The van der Waals surface area contributed by atoms with Gasteiger partial charge >= 0.3 is 0 Å². The number of nitrogens with one attached hydrogen (secondary N) is 1. The van der Waals surface area contributed by atoms with Crippen molar-refractivity contribution in [2.45, 2.75) is 25.8 Å². The number of methoxy groups -OCH3 is 1. The van der Waals surface area contributed by atoms with Crippen molar-refractivity contribution in [1.82, 2.24) is 4.98 Å². The van der Waals surface area contributed by atoms with Crippen LogP contribution >= 0.6 is 0 Å². The standard InChI is InChI=1S/C20H19N3O3/c1-12-9-14-3-6-17(20(14)18(10-12)26-2)22-19-8-4-13-11-15(23(24)25)5-7-16(13)21-19/h4-5,7-11,17H,3,6H2,1-2H3,(H,21,22)/t17-/m1/s1. The lowest BCUT2D eigenvalue weighted by atomic mass is 10.0. The summed E-state index contributed by atoms with van der Waals surface area (Å²) < 4.78 is 5.59. The molecule has 3 aromatic rings.